The van der Waals surface area contributed by atoms with E-state index in [0.29, 0.717) is 6.42 Å². The molecule has 0 aliphatic heterocycles. The van der Waals surface area contributed by atoms with Gasteiger partial charge in [0.15, 0.2) is 0 Å². The maximum atomic E-state index is 10.3. The van der Waals surface area contributed by atoms with E-state index >= 15 is 0 Å². The Morgan fingerprint density at radius 1 is 1.53 bits per heavy atom. The molecule has 82 valence electrons. The van der Waals surface area contributed by atoms with Crippen molar-refractivity contribution < 1.29 is 14.6 Å². The number of carboxylic acid groups (broad SMARTS) is 1. The van der Waals surface area contributed by atoms with Crippen molar-refractivity contribution in [3.8, 4) is 5.75 Å². The molecule has 4 heteroatoms. The quantitative estimate of drug-likeness (QED) is 0.598. The summed E-state index contributed by atoms with van der Waals surface area (Å²) in [7, 11) is 1.63. The van der Waals surface area contributed by atoms with Crippen LogP contribution in [-0.2, 0) is 4.79 Å². The molecule has 0 unspecified atom stereocenters. The van der Waals surface area contributed by atoms with Crippen LogP contribution in [0.1, 0.15) is 12.8 Å². The first-order valence-electron chi connectivity index (χ1n) is 4.71. The van der Waals surface area contributed by atoms with Crippen LogP contribution >= 0.6 is 11.8 Å². The van der Waals surface area contributed by atoms with E-state index in [1.165, 1.54) is 0 Å². The Labute approximate surface area is 93.4 Å². The Bertz CT molecular complexity index is 325. The highest BCUT2D eigenvalue weighted by Gasteiger charge is 1.99. The number of ether oxygens (including phenoxy) is 1. The topological polar surface area (TPSA) is 46.5 Å². The number of aliphatic carboxylic acids is 1. The summed E-state index contributed by atoms with van der Waals surface area (Å²) in [6.07, 6.45) is 0.925. The van der Waals surface area contributed by atoms with E-state index in [9.17, 15) is 4.79 Å². The van der Waals surface area contributed by atoms with E-state index in [-0.39, 0.29) is 6.42 Å². The first kappa shape index (κ1) is 11.9. The number of rotatable bonds is 6. The van der Waals surface area contributed by atoms with Crippen molar-refractivity contribution in [1.29, 1.82) is 0 Å². The molecular formula is C11H14O3S. The van der Waals surface area contributed by atoms with Gasteiger partial charge in [0.1, 0.15) is 5.75 Å². The van der Waals surface area contributed by atoms with Crippen molar-refractivity contribution in [3.05, 3.63) is 24.3 Å². The predicted molar refractivity (Wildman–Crippen MR) is 60.6 cm³/mol. The van der Waals surface area contributed by atoms with Crippen LogP contribution in [0.2, 0.25) is 0 Å². The first-order valence-corrected chi connectivity index (χ1v) is 5.69. The van der Waals surface area contributed by atoms with Gasteiger partial charge in [0.2, 0.25) is 0 Å². The molecule has 0 saturated carbocycles. The van der Waals surface area contributed by atoms with Crippen molar-refractivity contribution in [1.82, 2.24) is 0 Å². The van der Waals surface area contributed by atoms with Gasteiger partial charge < -0.3 is 9.84 Å². The Morgan fingerprint density at radius 3 is 3.00 bits per heavy atom. The zero-order valence-corrected chi connectivity index (χ0v) is 9.42. The van der Waals surface area contributed by atoms with Crippen LogP contribution in [0, 0.1) is 0 Å². The van der Waals surface area contributed by atoms with Crippen LogP contribution in [0.5, 0.6) is 5.75 Å². The van der Waals surface area contributed by atoms with Crippen LogP contribution < -0.4 is 4.74 Å². The monoisotopic (exact) mass is 226 g/mol. The summed E-state index contributed by atoms with van der Waals surface area (Å²) in [5, 5.41) is 8.46. The Morgan fingerprint density at radius 2 is 2.33 bits per heavy atom. The second kappa shape index (κ2) is 6.35. The van der Waals surface area contributed by atoms with Crippen LogP contribution in [0.25, 0.3) is 0 Å². The lowest BCUT2D eigenvalue weighted by Crippen LogP contribution is -1.94. The van der Waals surface area contributed by atoms with Crippen molar-refractivity contribution >= 4 is 17.7 Å². The molecule has 0 aromatic heterocycles. The molecule has 0 heterocycles. The summed E-state index contributed by atoms with van der Waals surface area (Å²) in [6.45, 7) is 0. The van der Waals surface area contributed by atoms with E-state index in [1.54, 1.807) is 18.9 Å². The highest BCUT2D eigenvalue weighted by molar-refractivity contribution is 7.99. The lowest BCUT2D eigenvalue weighted by atomic mass is 10.3. The molecule has 15 heavy (non-hydrogen) atoms. The molecule has 0 bridgehead atoms. The maximum Gasteiger partial charge on any atom is 0.303 e. The SMILES string of the molecule is COc1cccc(SCCCC(=O)O)c1. The molecular weight excluding hydrogens is 212 g/mol. The van der Waals surface area contributed by atoms with Crippen LogP contribution in [0.15, 0.2) is 29.2 Å². The van der Waals surface area contributed by atoms with Gasteiger partial charge in [-0.2, -0.15) is 0 Å². The lowest BCUT2D eigenvalue weighted by molar-refractivity contribution is -0.137. The zero-order chi connectivity index (χ0) is 11.1. The number of hydrogen-bond acceptors (Lipinski definition) is 3. The molecule has 3 nitrogen and oxygen atoms in total. The third-order valence-corrected chi connectivity index (χ3v) is 2.92. The fourth-order valence-electron chi connectivity index (χ4n) is 1.10. The van der Waals surface area contributed by atoms with Gasteiger partial charge in [-0.15, -0.1) is 11.8 Å². The minimum absolute atomic E-state index is 0.233. The molecule has 0 saturated heterocycles. The molecule has 1 N–H and O–H groups in total. The van der Waals surface area contributed by atoms with Gasteiger partial charge in [0, 0.05) is 11.3 Å². The molecule has 0 amide bonds. The third-order valence-electron chi connectivity index (χ3n) is 1.84. The van der Waals surface area contributed by atoms with Gasteiger partial charge in [-0.3, -0.25) is 4.79 Å². The van der Waals surface area contributed by atoms with Crippen molar-refractivity contribution in [3.63, 3.8) is 0 Å². The molecule has 1 aromatic rings. The minimum Gasteiger partial charge on any atom is -0.497 e. The van der Waals surface area contributed by atoms with Crippen LogP contribution in [-0.4, -0.2) is 23.9 Å². The second-order valence-corrected chi connectivity index (χ2v) is 4.19. The average molecular weight is 226 g/mol. The van der Waals surface area contributed by atoms with Crippen molar-refractivity contribution in [2.24, 2.45) is 0 Å². The third kappa shape index (κ3) is 4.74. The summed E-state index contributed by atoms with van der Waals surface area (Å²) in [6, 6.07) is 7.76. The Balaban J connectivity index is 2.33. The van der Waals surface area contributed by atoms with Gasteiger partial charge in [-0.05, 0) is 30.4 Å². The second-order valence-electron chi connectivity index (χ2n) is 3.02. The Hall–Kier alpha value is -1.16. The smallest absolute Gasteiger partial charge is 0.303 e. The summed E-state index contributed by atoms with van der Waals surface area (Å²) in [5.41, 5.74) is 0. The fraction of sp³-hybridized carbons (Fsp3) is 0.364. The highest BCUT2D eigenvalue weighted by Crippen LogP contribution is 2.23. The minimum atomic E-state index is -0.735. The van der Waals surface area contributed by atoms with Crippen LogP contribution in [0.3, 0.4) is 0 Å². The molecule has 1 rings (SSSR count). The number of benzene rings is 1. The van der Waals surface area contributed by atoms with Gasteiger partial charge in [-0.1, -0.05) is 6.07 Å². The van der Waals surface area contributed by atoms with E-state index < -0.39 is 5.97 Å². The van der Waals surface area contributed by atoms with Gasteiger partial charge >= 0.3 is 5.97 Å². The molecule has 0 aliphatic rings. The number of methoxy groups -OCH3 is 1. The molecule has 0 radical (unpaired) electrons. The van der Waals surface area contributed by atoms with Gasteiger partial charge in [0.05, 0.1) is 7.11 Å². The van der Waals surface area contributed by atoms with E-state index in [2.05, 4.69) is 0 Å². The molecule has 0 atom stereocenters. The zero-order valence-electron chi connectivity index (χ0n) is 8.60. The van der Waals surface area contributed by atoms with Crippen LogP contribution in [0.4, 0.5) is 0 Å². The van der Waals surface area contributed by atoms with Gasteiger partial charge in [0.25, 0.3) is 0 Å². The van der Waals surface area contributed by atoms with E-state index in [1.807, 2.05) is 24.3 Å². The predicted octanol–water partition coefficient (Wildman–Crippen LogP) is 2.65. The molecule has 0 aliphatic carbocycles. The summed E-state index contributed by atoms with van der Waals surface area (Å²) in [4.78, 5) is 11.4. The first-order chi connectivity index (χ1) is 7.22. The van der Waals surface area contributed by atoms with Gasteiger partial charge in [-0.25, -0.2) is 0 Å². The molecule has 1 aromatic carbocycles. The highest BCUT2D eigenvalue weighted by atomic mass is 32.2. The Kier molecular flexibility index (Phi) is 5.04. The summed E-state index contributed by atoms with van der Waals surface area (Å²) >= 11 is 1.65. The fourth-order valence-corrected chi connectivity index (χ4v) is 2.00. The number of carbonyl (C=O) groups is 1. The molecule has 0 spiro atoms. The largest absolute Gasteiger partial charge is 0.497 e. The number of thioether (sulfide) groups is 1. The maximum absolute atomic E-state index is 10.3. The van der Waals surface area contributed by atoms with E-state index in [0.717, 1.165) is 16.4 Å². The number of hydrogen-bond donors (Lipinski definition) is 1. The summed E-state index contributed by atoms with van der Waals surface area (Å²) < 4.78 is 5.09. The van der Waals surface area contributed by atoms with Crippen molar-refractivity contribution in [2.45, 2.75) is 17.7 Å². The van der Waals surface area contributed by atoms with Crippen molar-refractivity contribution in [2.75, 3.05) is 12.9 Å². The molecule has 0 fully saturated rings. The number of carboxylic acids is 1. The normalized spacial score (nSPS) is 9.93. The lowest BCUT2D eigenvalue weighted by Gasteiger charge is -2.03. The summed E-state index contributed by atoms with van der Waals surface area (Å²) in [5.74, 6) is 0.916. The standard InChI is InChI=1S/C11H14O3S/c1-14-9-4-2-5-10(8-9)15-7-3-6-11(12)13/h2,4-5,8H,3,6-7H2,1H3,(H,12,13). The van der Waals surface area contributed by atoms with E-state index in [4.69, 9.17) is 9.84 Å². The average Bonchev–Trinajstić information content (AvgIpc) is 2.24.